The lowest BCUT2D eigenvalue weighted by Gasteiger charge is -2.42. The van der Waals surface area contributed by atoms with E-state index >= 15 is 0 Å². The van der Waals surface area contributed by atoms with Crippen LogP contribution in [0.4, 0.5) is 10.5 Å². The maximum atomic E-state index is 12.4. The number of likely N-dealkylation sites (tertiary alicyclic amines) is 1. The van der Waals surface area contributed by atoms with Crippen LogP contribution in [0.2, 0.25) is 18.1 Å². The quantitative estimate of drug-likeness (QED) is 0.421. The monoisotopic (exact) mass is 440 g/mol. The normalized spacial score (nSPS) is 20.6. The van der Waals surface area contributed by atoms with Crippen molar-refractivity contribution in [1.29, 1.82) is 0 Å². The van der Waals surface area contributed by atoms with Crippen LogP contribution < -0.4 is 5.73 Å². The van der Waals surface area contributed by atoms with Crippen molar-refractivity contribution < 1.29 is 14.3 Å². The molecule has 0 radical (unpaired) electrons. The number of nitrogens with two attached hydrogens (primary N) is 1. The van der Waals surface area contributed by atoms with E-state index < -0.39 is 14.4 Å². The average Bonchev–Trinajstić information content (AvgIpc) is 3.11. The molecule has 1 aliphatic rings. The van der Waals surface area contributed by atoms with Crippen molar-refractivity contribution in [3.63, 3.8) is 0 Å². The Bertz CT molecular complexity index is 878. The largest absolute Gasteiger partial charge is 0.465 e. The highest BCUT2D eigenvalue weighted by atomic mass is 28.4. The molecule has 1 saturated heterocycles. The van der Waals surface area contributed by atoms with Crippen LogP contribution in [0.1, 0.15) is 50.8 Å². The van der Waals surface area contributed by atoms with E-state index in [1.165, 1.54) is 0 Å². The minimum Gasteiger partial charge on any atom is -0.465 e. The van der Waals surface area contributed by atoms with Gasteiger partial charge < -0.3 is 15.3 Å². The highest BCUT2D eigenvalue weighted by Gasteiger charge is 2.46. The van der Waals surface area contributed by atoms with E-state index in [0.29, 0.717) is 6.42 Å². The third-order valence-corrected chi connectivity index (χ3v) is 11.4. The van der Waals surface area contributed by atoms with Crippen LogP contribution in [0.15, 0.2) is 54.6 Å². The molecule has 6 heteroatoms. The summed E-state index contributed by atoms with van der Waals surface area (Å²) in [6, 6.07) is 17.6. The second-order valence-electron chi connectivity index (χ2n) is 10.1. The number of nitrogens with zero attached hydrogens (tertiary/aromatic N) is 1. The van der Waals surface area contributed by atoms with E-state index in [1.807, 2.05) is 42.5 Å². The highest BCUT2D eigenvalue weighted by Crippen LogP contribution is 2.44. The molecule has 1 fully saturated rings. The summed E-state index contributed by atoms with van der Waals surface area (Å²) >= 11 is 0. The number of benzene rings is 2. The predicted octanol–water partition coefficient (Wildman–Crippen LogP) is 6.09. The molecule has 3 rings (SSSR count). The van der Waals surface area contributed by atoms with Gasteiger partial charge in [0.25, 0.3) is 0 Å². The van der Waals surface area contributed by atoms with Crippen LogP contribution >= 0.6 is 0 Å². The maximum absolute atomic E-state index is 12.4. The van der Waals surface area contributed by atoms with Gasteiger partial charge in [-0.3, -0.25) is 4.90 Å². The minimum absolute atomic E-state index is 0.0378. The summed E-state index contributed by atoms with van der Waals surface area (Å²) in [5, 5.41) is 10.2. The van der Waals surface area contributed by atoms with Crippen molar-refractivity contribution >= 4 is 20.1 Å². The lowest BCUT2D eigenvalue weighted by Crippen LogP contribution is -2.49. The first kappa shape index (κ1) is 23.4. The van der Waals surface area contributed by atoms with E-state index in [1.54, 1.807) is 4.90 Å². The Morgan fingerprint density at radius 3 is 2.29 bits per heavy atom. The smallest absolute Gasteiger partial charge is 0.407 e. The summed E-state index contributed by atoms with van der Waals surface area (Å²) in [6.45, 7) is 11.1. The van der Waals surface area contributed by atoms with E-state index in [0.717, 1.165) is 29.7 Å². The van der Waals surface area contributed by atoms with Gasteiger partial charge in [0.15, 0.2) is 8.32 Å². The summed E-state index contributed by atoms with van der Waals surface area (Å²) < 4.78 is 6.88. The molecule has 2 aromatic rings. The summed E-state index contributed by atoms with van der Waals surface area (Å²) in [5.74, 6) is 0. The van der Waals surface area contributed by atoms with Crippen LogP contribution in [-0.2, 0) is 10.8 Å². The van der Waals surface area contributed by atoms with Crippen molar-refractivity contribution in [3.8, 4) is 0 Å². The molecule has 168 valence electrons. The second-order valence-corrected chi connectivity index (χ2v) is 14.9. The van der Waals surface area contributed by atoms with Gasteiger partial charge in [-0.15, -0.1) is 0 Å². The molecule has 0 spiro atoms. The lowest BCUT2D eigenvalue weighted by molar-refractivity contribution is 0.0598. The number of carboxylic acid groups (broad SMARTS) is 1. The standard InChI is InChI=1S/C25H36N2O3Si/c1-25(2,3)31(4,5)30-23(19-9-7-6-8-10-19)22-16-15-21(27(22)24(28)29)17-18-11-13-20(26)14-12-18/h6-14,21-23H,15-17,26H2,1-5H3,(H,28,29)/t21-,22+,23?/m0/s1. The predicted molar refractivity (Wildman–Crippen MR) is 129 cm³/mol. The van der Waals surface area contributed by atoms with Gasteiger partial charge in [-0.2, -0.15) is 0 Å². The SMILES string of the molecule is CC(C)(C)[Si](C)(C)OC(c1ccccc1)[C@H]1CC[C@@H](Cc2ccc(N)cc2)N1C(=O)O. The average molecular weight is 441 g/mol. The molecule has 2 aromatic carbocycles. The Kier molecular flexibility index (Phi) is 6.81. The molecule has 0 aliphatic carbocycles. The van der Waals surface area contributed by atoms with Gasteiger partial charge >= 0.3 is 6.09 Å². The zero-order valence-electron chi connectivity index (χ0n) is 19.3. The van der Waals surface area contributed by atoms with Gasteiger partial charge in [-0.05, 0) is 60.7 Å². The maximum Gasteiger partial charge on any atom is 0.407 e. The zero-order chi connectivity index (χ0) is 22.8. The number of hydrogen-bond acceptors (Lipinski definition) is 3. The van der Waals surface area contributed by atoms with Gasteiger partial charge in [0.1, 0.15) is 0 Å². The number of amides is 1. The number of anilines is 1. The van der Waals surface area contributed by atoms with Gasteiger partial charge in [-0.1, -0.05) is 63.2 Å². The van der Waals surface area contributed by atoms with Crippen molar-refractivity contribution in [2.24, 2.45) is 0 Å². The summed E-state index contributed by atoms with van der Waals surface area (Å²) in [6.07, 6.45) is 1.16. The Balaban J connectivity index is 1.92. The number of rotatable bonds is 6. The van der Waals surface area contributed by atoms with E-state index in [9.17, 15) is 9.90 Å². The van der Waals surface area contributed by atoms with Gasteiger partial charge in [0.2, 0.25) is 0 Å². The summed E-state index contributed by atoms with van der Waals surface area (Å²) in [7, 11) is -2.12. The van der Waals surface area contributed by atoms with Crippen molar-refractivity contribution in [2.75, 3.05) is 5.73 Å². The fraction of sp³-hybridized carbons (Fsp3) is 0.480. The topological polar surface area (TPSA) is 75.8 Å². The first-order valence-corrected chi connectivity index (χ1v) is 14.0. The highest BCUT2D eigenvalue weighted by molar-refractivity contribution is 6.74. The Morgan fingerprint density at radius 2 is 1.74 bits per heavy atom. The molecule has 3 atom stereocenters. The van der Waals surface area contributed by atoms with E-state index in [4.69, 9.17) is 10.2 Å². The van der Waals surface area contributed by atoms with Crippen LogP contribution in [0.25, 0.3) is 0 Å². The Labute approximate surface area is 187 Å². The van der Waals surface area contributed by atoms with Crippen LogP contribution in [0, 0.1) is 0 Å². The molecule has 31 heavy (non-hydrogen) atoms. The van der Waals surface area contributed by atoms with E-state index in [2.05, 4.69) is 46.0 Å². The molecular weight excluding hydrogens is 404 g/mol. The number of hydrogen-bond donors (Lipinski definition) is 2. The third kappa shape index (κ3) is 5.30. The molecule has 5 nitrogen and oxygen atoms in total. The molecular formula is C25H36N2O3Si. The van der Waals surface area contributed by atoms with Crippen LogP contribution in [0.3, 0.4) is 0 Å². The zero-order valence-corrected chi connectivity index (χ0v) is 20.3. The Morgan fingerprint density at radius 1 is 1.13 bits per heavy atom. The fourth-order valence-electron chi connectivity index (χ4n) is 4.14. The molecule has 0 bridgehead atoms. The molecule has 1 unspecified atom stereocenters. The molecule has 1 heterocycles. The van der Waals surface area contributed by atoms with Crippen molar-refractivity contribution in [3.05, 3.63) is 65.7 Å². The van der Waals surface area contributed by atoms with Crippen LogP contribution in [0.5, 0.6) is 0 Å². The number of carbonyl (C=O) groups is 1. The minimum atomic E-state index is -2.12. The number of nitrogen functional groups attached to an aromatic ring is 1. The molecule has 1 amide bonds. The third-order valence-electron chi connectivity index (χ3n) is 6.92. The van der Waals surface area contributed by atoms with Gasteiger partial charge in [-0.25, -0.2) is 4.79 Å². The van der Waals surface area contributed by atoms with Crippen molar-refractivity contribution in [1.82, 2.24) is 4.90 Å². The first-order chi connectivity index (χ1) is 14.5. The lowest BCUT2D eigenvalue weighted by atomic mass is 10.0. The van der Waals surface area contributed by atoms with Crippen molar-refractivity contribution in [2.45, 2.75) is 76.4 Å². The molecule has 0 saturated carbocycles. The molecule has 1 aliphatic heterocycles. The van der Waals surface area contributed by atoms with E-state index in [-0.39, 0.29) is 23.2 Å². The van der Waals surface area contributed by atoms with Gasteiger partial charge in [0.05, 0.1) is 12.1 Å². The van der Waals surface area contributed by atoms with Gasteiger partial charge in [0, 0.05) is 11.7 Å². The van der Waals surface area contributed by atoms with Crippen LogP contribution in [-0.4, -0.2) is 36.5 Å². The summed E-state index contributed by atoms with van der Waals surface area (Å²) in [5.41, 5.74) is 8.69. The first-order valence-electron chi connectivity index (χ1n) is 11.1. The summed E-state index contributed by atoms with van der Waals surface area (Å²) in [4.78, 5) is 14.1. The fourth-order valence-corrected chi connectivity index (χ4v) is 5.42. The Hall–Kier alpha value is -2.31. The molecule has 3 N–H and O–H groups in total. The molecule has 0 aromatic heterocycles. The second kappa shape index (κ2) is 9.05.